The van der Waals surface area contributed by atoms with E-state index in [1.807, 2.05) is 0 Å². The lowest BCUT2D eigenvalue weighted by Gasteiger charge is -2.54. The summed E-state index contributed by atoms with van der Waals surface area (Å²) >= 11 is 0. The molecule has 0 spiro atoms. The van der Waals surface area contributed by atoms with Crippen molar-refractivity contribution in [2.24, 2.45) is 5.73 Å². The maximum atomic E-state index is 6.36. The predicted molar refractivity (Wildman–Crippen MR) is 84.8 cm³/mol. The summed E-state index contributed by atoms with van der Waals surface area (Å²) in [5.74, 6) is 0. The zero-order valence-electron chi connectivity index (χ0n) is 13.5. The first-order valence-corrected chi connectivity index (χ1v) is 8.89. The van der Waals surface area contributed by atoms with E-state index in [-0.39, 0.29) is 0 Å². The minimum Gasteiger partial charge on any atom is -0.329 e. The summed E-state index contributed by atoms with van der Waals surface area (Å²) in [7, 11) is 2.33. The smallest absolute Gasteiger partial charge is 0.0364 e. The highest BCUT2D eigenvalue weighted by atomic mass is 15.3. The molecule has 3 fully saturated rings. The van der Waals surface area contributed by atoms with E-state index in [1.54, 1.807) is 0 Å². The van der Waals surface area contributed by atoms with Gasteiger partial charge in [-0.2, -0.15) is 0 Å². The third-order valence-corrected chi connectivity index (χ3v) is 6.56. The lowest BCUT2D eigenvalue weighted by atomic mass is 9.78. The van der Waals surface area contributed by atoms with Crippen LogP contribution in [0.4, 0.5) is 0 Å². The molecule has 1 saturated carbocycles. The fourth-order valence-electron chi connectivity index (χ4n) is 5.43. The largest absolute Gasteiger partial charge is 0.329 e. The van der Waals surface area contributed by atoms with Crippen LogP contribution in [0, 0.1) is 0 Å². The van der Waals surface area contributed by atoms with Gasteiger partial charge in [-0.1, -0.05) is 26.2 Å². The number of rotatable bonds is 4. The SMILES string of the molecule is CCN(C1CCCCC1)C1(CN)CC2CCC(C1)N2C. The molecule has 116 valence electrons. The fourth-order valence-corrected chi connectivity index (χ4v) is 5.43. The molecule has 2 unspecified atom stereocenters. The molecule has 2 saturated heterocycles. The zero-order valence-corrected chi connectivity index (χ0v) is 13.5. The van der Waals surface area contributed by atoms with Gasteiger partial charge in [0.05, 0.1) is 0 Å². The van der Waals surface area contributed by atoms with Crippen LogP contribution >= 0.6 is 0 Å². The van der Waals surface area contributed by atoms with Crippen LogP contribution in [-0.4, -0.2) is 53.6 Å². The van der Waals surface area contributed by atoms with Gasteiger partial charge in [-0.3, -0.25) is 4.90 Å². The number of likely N-dealkylation sites (N-methyl/N-ethyl adjacent to an activating group) is 1. The highest BCUT2D eigenvalue weighted by molar-refractivity contribution is 5.07. The molecule has 2 aliphatic heterocycles. The van der Waals surface area contributed by atoms with Crippen molar-refractivity contribution in [2.45, 2.75) is 88.4 Å². The lowest BCUT2D eigenvalue weighted by molar-refractivity contribution is -0.0299. The van der Waals surface area contributed by atoms with Crippen LogP contribution in [0.25, 0.3) is 0 Å². The number of nitrogens with two attached hydrogens (primary N) is 1. The number of hydrogen-bond donors (Lipinski definition) is 1. The average molecular weight is 279 g/mol. The van der Waals surface area contributed by atoms with Crippen LogP contribution in [0.5, 0.6) is 0 Å². The summed E-state index contributed by atoms with van der Waals surface area (Å²) < 4.78 is 0. The van der Waals surface area contributed by atoms with E-state index >= 15 is 0 Å². The molecule has 2 atom stereocenters. The summed E-state index contributed by atoms with van der Waals surface area (Å²) in [4.78, 5) is 5.48. The van der Waals surface area contributed by atoms with E-state index in [9.17, 15) is 0 Å². The van der Waals surface area contributed by atoms with Crippen molar-refractivity contribution < 1.29 is 0 Å². The Labute approximate surface area is 124 Å². The maximum Gasteiger partial charge on any atom is 0.0364 e. The monoisotopic (exact) mass is 279 g/mol. The molecule has 3 nitrogen and oxygen atoms in total. The van der Waals surface area contributed by atoms with Gasteiger partial charge in [0.1, 0.15) is 0 Å². The number of fused-ring (bicyclic) bond motifs is 2. The minimum atomic E-state index is 0.301. The van der Waals surface area contributed by atoms with E-state index in [2.05, 4.69) is 23.8 Å². The van der Waals surface area contributed by atoms with Gasteiger partial charge in [0.25, 0.3) is 0 Å². The van der Waals surface area contributed by atoms with Crippen molar-refractivity contribution >= 4 is 0 Å². The zero-order chi connectivity index (χ0) is 14.2. The van der Waals surface area contributed by atoms with E-state index in [4.69, 9.17) is 5.73 Å². The first-order valence-electron chi connectivity index (χ1n) is 8.89. The molecule has 3 rings (SSSR count). The van der Waals surface area contributed by atoms with E-state index in [1.165, 1.54) is 64.3 Å². The molecule has 2 bridgehead atoms. The number of nitrogens with zero attached hydrogens (tertiary/aromatic N) is 2. The second-order valence-electron chi connectivity index (χ2n) is 7.47. The van der Waals surface area contributed by atoms with Gasteiger partial charge in [-0.05, 0) is 52.1 Å². The van der Waals surface area contributed by atoms with E-state index < -0.39 is 0 Å². The molecule has 2 heterocycles. The fraction of sp³-hybridized carbons (Fsp3) is 1.00. The highest BCUT2D eigenvalue weighted by Gasteiger charge is 2.50. The molecule has 0 radical (unpaired) electrons. The van der Waals surface area contributed by atoms with Gasteiger partial charge < -0.3 is 10.6 Å². The van der Waals surface area contributed by atoms with Gasteiger partial charge in [0.15, 0.2) is 0 Å². The normalized spacial score (nSPS) is 39.6. The molecule has 0 aromatic carbocycles. The van der Waals surface area contributed by atoms with Crippen molar-refractivity contribution in [1.82, 2.24) is 9.80 Å². The molecular formula is C17H33N3. The Bertz CT molecular complexity index is 310. The van der Waals surface area contributed by atoms with Gasteiger partial charge in [0, 0.05) is 30.2 Å². The average Bonchev–Trinajstić information content (AvgIpc) is 2.72. The minimum absolute atomic E-state index is 0.301. The summed E-state index contributed by atoms with van der Waals surface area (Å²) in [5.41, 5.74) is 6.66. The molecule has 3 aliphatic rings. The third-order valence-electron chi connectivity index (χ3n) is 6.56. The highest BCUT2D eigenvalue weighted by Crippen LogP contribution is 2.44. The molecule has 3 heteroatoms. The lowest BCUT2D eigenvalue weighted by Crippen LogP contribution is -2.64. The Balaban J connectivity index is 1.80. The summed E-state index contributed by atoms with van der Waals surface area (Å²) in [6.45, 7) is 4.40. The third kappa shape index (κ3) is 2.42. The molecule has 20 heavy (non-hydrogen) atoms. The van der Waals surface area contributed by atoms with Crippen LogP contribution in [0.15, 0.2) is 0 Å². The quantitative estimate of drug-likeness (QED) is 0.858. The standard InChI is InChI=1S/C17H33N3/c1-3-20(14-7-5-4-6-8-14)17(13-18)11-15-9-10-16(12-17)19(15)2/h14-16H,3-13,18H2,1-2H3. The Morgan fingerprint density at radius 1 is 1.05 bits per heavy atom. The summed E-state index contributed by atoms with van der Waals surface area (Å²) in [6, 6.07) is 2.38. The van der Waals surface area contributed by atoms with Crippen molar-refractivity contribution in [3.63, 3.8) is 0 Å². The van der Waals surface area contributed by atoms with Gasteiger partial charge in [-0.25, -0.2) is 0 Å². The molecule has 0 aromatic heterocycles. The van der Waals surface area contributed by atoms with Crippen LogP contribution in [0.2, 0.25) is 0 Å². The molecule has 2 N–H and O–H groups in total. The maximum absolute atomic E-state index is 6.36. The Morgan fingerprint density at radius 3 is 2.15 bits per heavy atom. The van der Waals surface area contributed by atoms with Crippen LogP contribution in [-0.2, 0) is 0 Å². The first-order chi connectivity index (χ1) is 9.70. The second kappa shape index (κ2) is 5.94. The van der Waals surface area contributed by atoms with Crippen molar-refractivity contribution in [3.05, 3.63) is 0 Å². The predicted octanol–water partition coefficient (Wildman–Crippen LogP) is 2.60. The van der Waals surface area contributed by atoms with Crippen LogP contribution in [0.3, 0.4) is 0 Å². The van der Waals surface area contributed by atoms with Crippen molar-refractivity contribution in [2.75, 3.05) is 20.1 Å². The molecular weight excluding hydrogens is 246 g/mol. The number of hydrogen-bond acceptors (Lipinski definition) is 3. The molecule has 0 amide bonds. The summed E-state index contributed by atoms with van der Waals surface area (Å²) in [6.07, 6.45) is 12.5. The van der Waals surface area contributed by atoms with E-state index in [0.717, 1.165) is 24.7 Å². The van der Waals surface area contributed by atoms with Gasteiger partial charge in [0.2, 0.25) is 0 Å². The molecule has 0 aromatic rings. The Morgan fingerprint density at radius 2 is 1.65 bits per heavy atom. The topological polar surface area (TPSA) is 32.5 Å². The second-order valence-corrected chi connectivity index (χ2v) is 7.47. The first kappa shape index (κ1) is 14.8. The van der Waals surface area contributed by atoms with Crippen molar-refractivity contribution in [3.8, 4) is 0 Å². The molecule has 1 aliphatic carbocycles. The Hall–Kier alpha value is -0.120. The van der Waals surface area contributed by atoms with Crippen LogP contribution < -0.4 is 5.73 Å². The number of piperidine rings is 1. The Kier molecular flexibility index (Phi) is 4.40. The van der Waals surface area contributed by atoms with Crippen LogP contribution in [0.1, 0.15) is 64.7 Å². The van der Waals surface area contributed by atoms with E-state index in [0.29, 0.717) is 5.54 Å². The van der Waals surface area contributed by atoms with Crippen molar-refractivity contribution in [1.29, 1.82) is 0 Å². The van der Waals surface area contributed by atoms with Gasteiger partial charge in [-0.15, -0.1) is 0 Å². The van der Waals surface area contributed by atoms with Gasteiger partial charge >= 0.3 is 0 Å². The summed E-state index contributed by atoms with van der Waals surface area (Å²) in [5, 5.41) is 0.